The van der Waals surface area contributed by atoms with Gasteiger partial charge in [0, 0.05) is 17.3 Å². The lowest BCUT2D eigenvalue weighted by atomic mass is 10.2. The lowest BCUT2D eigenvalue weighted by Gasteiger charge is -2.12. The van der Waals surface area contributed by atoms with Crippen LogP contribution < -0.4 is 10.2 Å². The summed E-state index contributed by atoms with van der Waals surface area (Å²) in [4.78, 5) is 16.1. The molecule has 0 amide bonds. The van der Waals surface area contributed by atoms with Gasteiger partial charge in [-0.25, -0.2) is 0 Å². The number of ether oxygens (including phenoxy) is 1. The normalized spacial score (nSPS) is 9.94. The SMILES string of the molecule is CCC(=O)Oc1cccc(NOC)c1CBr. The summed E-state index contributed by atoms with van der Waals surface area (Å²) >= 11 is 3.35. The number of hydrogen-bond donors (Lipinski definition) is 1. The molecule has 1 N–H and O–H groups in total. The van der Waals surface area contributed by atoms with Crippen molar-refractivity contribution in [2.75, 3.05) is 12.6 Å². The number of alkyl halides is 1. The molecule has 4 nitrogen and oxygen atoms in total. The average Bonchev–Trinajstić information content (AvgIpc) is 2.29. The molecule has 0 heterocycles. The molecule has 1 aromatic rings. The van der Waals surface area contributed by atoms with E-state index in [1.165, 1.54) is 7.11 Å². The molecule has 0 aromatic heterocycles. The highest BCUT2D eigenvalue weighted by Crippen LogP contribution is 2.29. The van der Waals surface area contributed by atoms with Gasteiger partial charge in [-0.15, -0.1) is 0 Å². The molecule has 0 fully saturated rings. The summed E-state index contributed by atoms with van der Waals surface area (Å²) in [6, 6.07) is 5.40. The second-order valence-corrected chi connectivity index (χ2v) is 3.61. The van der Waals surface area contributed by atoms with Crippen molar-refractivity contribution in [3.05, 3.63) is 23.8 Å². The first-order chi connectivity index (χ1) is 7.72. The van der Waals surface area contributed by atoms with Gasteiger partial charge in [-0.3, -0.25) is 15.1 Å². The van der Waals surface area contributed by atoms with Crippen LogP contribution in [-0.2, 0) is 15.0 Å². The number of anilines is 1. The van der Waals surface area contributed by atoms with Gasteiger partial charge in [0.25, 0.3) is 0 Å². The number of nitrogens with one attached hydrogen (secondary N) is 1. The summed E-state index contributed by atoms with van der Waals surface area (Å²) in [5.74, 6) is 0.294. The molecular formula is C11H14BrNO3. The summed E-state index contributed by atoms with van der Waals surface area (Å²) in [5, 5.41) is 0.575. The largest absolute Gasteiger partial charge is 0.426 e. The van der Waals surface area contributed by atoms with Crippen molar-refractivity contribution >= 4 is 27.6 Å². The number of halogens is 1. The molecular weight excluding hydrogens is 274 g/mol. The quantitative estimate of drug-likeness (QED) is 0.392. The second kappa shape index (κ2) is 6.50. The van der Waals surface area contributed by atoms with Crippen molar-refractivity contribution in [1.29, 1.82) is 0 Å². The molecule has 0 radical (unpaired) electrons. The molecule has 0 atom stereocenters. The zero-order valence-electron chi connectivity index (χ0n) is 9.25. The minimum Gasteiger partial charge on any atom is -0.426 e. The Balaban J connectivity index is 2.98. The number of carbonyl (C=O) groups is 1. The fourth-order valence-electron chi connectivity index (χ4n) is 1.20. The molecule has 88 valence electrons. The van der Waals surface area contributed by atoms with E-state index in [1.807, 2.05) is 6.07 Å². The van der Waals surface area contributed by atoms with Crippen molar-refractivity contribution in [2.24, 2.45) is 0 Å². The van der Waals surface area contributed by atoms with E-state index in [1.54, 1.807) is 19.1 Å². The van der Waals surface area contributed by atoms with E-state index in [0.29, 0.717) is 17.5 Å². The Morgan fingerprint density at radius 1 is 1.50 bits per heavy atom. The van der Waals surface area contributed by atoms with E-state index in [0.717, 1.165) is 11.3 Å². The van der Waals surface area contributed by atoms with Crippen molar-refractivity contribution in [3.63, 3.8) is 0 Å². The van der Waals surface area contributed by atoms with Gasteiger partial charge >= 0.3 is 5.97 Å². The average molecular weight is 288 g/mol. The molecule has 5 heteroatoms. The zero-order valence-corrected chi connectivity index (χ0v) is 10.8. The van der Waals surface area contributed by atoms with Gasteiger partial charge in [0.1, 0.15) is 5.75 Å². The molecule has 1 rings (SSSR count). The lowest BCUT2D eigenvalue weighted by molar-refractivity contribution is -0.134. The Labute approximate surface area is 103 Å². The molecule has 0 aliphatic heterocycles. The fourth-order valence-corrected chi connectivity index (χ4v) is 1.78. The Hall–Kier alpha value is -1.07. The van der Waals surface area contributed by atoms with Crippen LogP contribution in [0.2, 0.25) is 0 Å². The van der Waals surface area contributed by atoms with E-state index in [4.69, 9.17) is 9.57 Å². The second-order valence-electron chi connectivity index (χ2n) is 3.05. The van der Waals surface area contributed by atoms with Crippen LogP contribution in [0.4, 0.5) is 5.69 Å². The number of hydrogen-bond acceptors (Lipinski definition) is 4. The van der Waals surface area contributed by atoms with Crippen LogP contribution in [0.15, 0.2) is 18.2 Å². The number of rotatable bonds is 5. The first-order valence-electron chi connectivity index (χ1n) is 4.90. The molecule has 0 unspecified atom stereocenters. The van der Waals surface area contributed by atoms with Gasteiger partial charge in [-0.1, -0.05) is 28.9 Å². The van der Waals surface area contributed by atoms with Crippen LogP contribution in [0.5, 0.6) is 5.75 Å². The minimum absolute atomic E-state index is 0.253. The van der Waals surface area contributed by atoms with Gasteiger partial charge < -0.3 is 4.74 Å². The van der Waals surface area contributed by atoms with Gasteiger partial charge in [-0.05, 0) is 12.1 Å². The highest BCUT2D eigenvalue weighted by atomic mass is 79.9. The fraction of sp³-hybridized carbons (Fsp3) is 0.364. The first kappa shape index (κ1) is 13.0. The van der Waals surface area contributed by atoms with Gasteiger partial charge in [0.15, 0.2) is 0 Å². The predicted molar refractivity (Wildman–Crippen MR) is 65.6 cm³/mol. The van der Waals surface area contributed by atoms with Crippen molar-refractivity contribution in [2.45, 2.75) is 18.7 Å². The van der Waals surface area contributed by atoms with Crippen LogP contribution in [0, 0.1) is 0 Å². The van der Waals surface area contributed by atoms with E-state index in [-0.39, 0.29) is 5.97 Å². The molecule has 1 aromatic carbocycles. The molecule has 0 bridgehead atoms. The molecule has 0 spiro atoms. The lowest BCUT2D eigenvalue weighted by Crippen LogP contribution is -2.08. The molecule has 0 saturated carbocycles. The molecule has 0 aliphatic carbocycles. The van der Waals surface area contributed by atoms with Crippen molar-refractivity contribution < 1.29 is 14.4 Å². The van der Waals surface area contributed by atoms with Crippen LogP contribution in [0.1, 0.15) is 18.9 Å². The number of benzene rings is 1. The first-order valence-corrected chi connectivity index (χ1v) is 6.02. The minimum atomic E-state index is -0.253. The van der Waals surface area contributed by atoms with E-state index in [9.17, 15) is 4.79 Å². The standard InChI is InChI=1S/C11H14BrNO3/c1-3-11(14)16-10-6-4-5-9(13-15-2)8(10)7-12/h4-6,13H,3,7H2,1-2H3. The third-order valence-corrected chi connectivity index (χ3v) is 2.55. The summed E-state index contributed by atoms with van der Waals surface area (Å²) in [6.07, 6.45) is 0.351. The zero-order chi connectivity index (χ0) is 12.0. The maximum Gasteiger partial charge on any atom is 0.310 e. The van der Waals surface area contributed by atoms with E-state index in [2.05, 4.69) is 21.4 Å². The summed E-state index contributed by atoms with van der Waals surface area (Å²) in [5.41, 5.74) is 4.37. The van der Waals surface area contributed by atoms with Crippen molar-refractivity contribution in [3.8, 4) is 5.75 Å². The summed E-state index contributed by atoms with van der Waals surface area (Å²) < 4.78 is 5.21. The monoisotopic (exact) mass is 287 g/mol. The topological polar surface area (TPSA) is 47.6 Å². The highest BCUT2D eigenvalue weighted by Gasteiger charge is 2.11. The summed E-state index contributed by atoms with van der Waals surface area (Å²) in [7, 11) is 1.53. The Morgan fingerprint density at radius 3 is 2.81 bits per heavy atom. The van der Waals surface area contributed by atoms with E-state index >= 15 is 0 Å². The Kier molecular flexibility index (Phi) is 5.28. The van der Waals surface area contributed by atoms with Crippen LogP contribution >= 0.6 is 15.9 Å². The van der Waals surface area contributed by atoms with Gasteiger partial charge in [0.05, 0.1) is 12.8 Å². The van der Waals surface area contributed by atoms with Crippen LogP contribution in [-0.4, -0.2) is 13.1 Å². The Morgan fingerprint density at radius 2 is 2.25 bits per heavy atom. The predicted octanol–water partition coefficient (Wildman–Crippen LogP) is 2.87. The smallest absolute Gasteiger partial charge is 0.310 e. The van der Waals surface area contributed by atoms with E-state index < -0.39 is 0 Å². The maximum atomic E-state index is 11.2. The number of carbonyl (C=O) groups excluding carboxylic acids is 1. The highest BCUT2D eigenvalue weighted by molar-refractivity contribution is 9.08. The molecule has 0 aliphatic rings. The summed E-state index contributed by atoms with van der Waals surface area (Å²) in [6.45, 7) is 1.76. The molecule has 16 heavy (non-hydrogen) atoms. The third-order valence-electron chi connectivity index (χ3n) is 1.99. The van der Waals surface area contributed by atoms with Gasteiger partial charge in [-0.2, -0.15) is 0 Å². The third kappa shape index (κ3) is 3.21. The Bertz CT molecular complexity index is 368. The maximum absolute atomic E-state index is 11.2. The van der Waals surface area contributed by atoms with Crippen LogP contribution in [0.25, 0.3) is 0 Å². The molecule has 0 saturated heterocycles. The van der Waals surface area contributed by atoms with Crippen LogP contribution in [0.3, 0.4) is 0 Å². The van der Waals surface area contributed by atoms with Gasteiger partial charge in [0.2, 0.25) is 0 Å². The number of esters is 1. The van der Waals surface area contributed by atoms with Crippen molar-refractivity contribution in [1.82, 2.24) is 0 Å².